The number of carbonyl (C=O) groups excluding carboxylic acids is 1. The lowest BCUT2D eigenvalue weighted by molar-refractivity contribution is -0.111. The summed E-state index contributed by atoms with van der Waals surface area (Å²) in [5, 5.41) is 9.75. The summed E-state index contributed by atoms with van der Waals surface area (Å²) < 4.78 is 0. The van der Waals surface area contributed by atoms with Gasteiger partial charge in [-0.1, -0.05) is 16.8 Å². The van der Waals surface area contributed by atoms with Crippen LogP contribution >= 0.6 is 11.6 Å². The molecule has 0 aromatic heterocycles. The molecule has 0 bridgehead atoms. The molecule has 0 heterocycles. The first-order valence-electron chi connectivity index (χ1n) is 1.83. The van der Waals surface area contributed by atoms with E-state index in [-0.39, 0.29) is 6.54 Å². The fraction of sp³-hybridized carbons (Fsp3) is 0.333. The molecule has 46 valence electrons. The first-order chi connectivity index (χ1) is 3.72. The SMILES string of the molecule is NCC(=O)/C(Cl)=N/O. The largest absolute Gasteiger partial charge is 0.410 e. The summed E-state index contributed by atoms with van der Waals surface area (Å²) in [7, 11) is 0. The van der Waals surface area contributed by atoms with Crippen molar-refractivity contribution in [3.8, 4) is 0 Å². The zero-order valence-electron chi connectivity index (χ0n) is 3.97. The standard InChI is InChI=1S/C3H5ClN2O2/c4-3(6-8)2(7)1-5/h8H,1,5H2/b6-3-. The molecule has 0 amide bonds. The molecule has 8 heavy (non-hydrogen) atoms. The van der Waals surface area contributed by atoms with Crippen LogP contribution in [0, 0.1) is 0 Å². The van der Waals surface area contributed by atoms with Gasteiger partial charge in [0.25, 0.3) is 0 Å². The summed E-state index contributed by atoms with van der Waals surface area (Å²) in [6.07, 6.45) is 0. The van der Waals surface area contributed by atoms with Gasteiger partial charge in [0.2, 0.25) is 11.0 Å². The number of ketones is 1. The van der Waals surface area contributed by atoms with Crippen molar-refractivity contribution in [2.24, 2.45) is 10.9 Å². The molecule has 0 unspecified atom stereocenters. The zero-order chi connectivity index (χ0) is 6.57. The minimum atomic E-state index is -0.575. The average Bonchev–Trinajstić information content (AvgIpc) is 1.84. The molecular weight excluding hydrogens is 131 g/mol. The molecule has 5 heteroatoms. The Labute approximate surface area is 50.9 Å². The van der Waals surface area contributed by atoms with Crippen LogP contribution in [0.25, 0.3) is 0 Å². The summed E-state index contributed by atoms with van der Waals surface area (Å²) >= 11 is 4.99. The summed E-state index contributed by atoms with van der Waals surface area (Å²) in [5.41, 5.74) is 4.82. The number of hydrogen-bond donors (Lipinski definition) is 2. The van der Waals surface area contributed by atoms with Crippen LogP contribution in [0.1, 0.15) is 0 Å². The molecule has 4 nitrogen and oxygen atoms in total. The maximum absolute atomic E-state index is 10.2. The van der Waals surface area contributed by atoms with E-state index >= 15 is 0 Å². The smallest absolute Gasteiger partial charge is 0.212 e. The predicted molar refractivity (Wildman–Crippen MR) is 29.1 cm³/mol. The maximum Gasteiger partial charge on any atom is 0.212 e. The maximum atomic E-state index is 10.2. The minimum absolute atomic E-state index is 0.233. The summed E-state index contributed by atoms with van der Waals surface area (Å²) in [6, 6.07) is 0. The summed E-state index contributed by atoms with van der Waals surface area (Å²) in [4.78, 5) is 10.2. The van der Waals surface area contributed by atoms with Crippen LogP contribution in [-0.4, -0.2) is 22.7 Å². The minimum Gasteiger partial charge on any atom is -0.410 e. The molecule has 0 aliphatic carbocycles. The van der Waals surface area contributed by atoms with E-state index in [1.807, 2.05) is 0 Å². The monoisotopic (exact) mass is 136 g/mol. The fourth-order valence-electron chi connectivity index (χ4n) is 0.140. The van der Waals surface area contributed by atoms with Crippen molar-refractivity contribution in [1.29, 1.82) is 0 Å². The van der Waals surface area contributed by atoms with Crippen LogP contribution in [0.15, 0.2) is 5.16 Å². The van der Waals surface area contributed by atoms with Gasteiger partial charge in [-0.2, -0.15) is 0 Å². The zero-order valence-corrected chi connectivity index (χ0v) is 4.72. The van der Waals surface area contributed by atoms with Gasteiger partial charge in [0.05, 0.1) is 6.54 Å². The second-order valence-electron chi connectivity index (χ2n) is 1.02. The Kier molecular flexibility index (Phi) is 3.14. The third-order valence-corrected chi connectivity index (χ3v) is 0.790. The number of Topliss-reactive ketones (excluding diaryl/α,β-unsaturated/α-hetero) is 1. The molecular formula is C3H5ClN2O2. The van der Waals surface area contributed by atoms with Gasteiger partial charge in [0, 0.05) is 0 Å². The quantitative estimate of drug-likeness (QED) is 0.307. The van der Waals surface area contributed by atoms with E-state index in [4.69, 9.17) is 22.5 Å². The third kappa shape index (κ3) is 1.90. The Morgan fingerprint density at radius 1 is 1.88 bits per heavy atom. The molecule has 0 aromatic rings. The number of nitrogens with zero attached hydrogens (tertiary/aromatic N) is 1. The van der Waals surface area contributed by atoms with Crippen molar-refractivity contribution in [2.75, 3.05) is 6.54 Å². The van der Waals surface area contributed by atoms with Crippen LogP contribution in [0.4, 0.5) is 0 Å². The average molecular weight is 137 g/mol. The van der Waals surface area contributed by atoms with E-state index in [0.29, 0.717) is 0 Å². The second kappa shape index (κ2) is 3.40. The van der Waals surface area contributed by atoms with Gasteiger partial charge in [-0.25, -0.2) is 0 Å². The number of nitrogens with two attached hydrogens (primary N) is 1. The topological polar surface area (TPSA) is 75.7 Å². The molecule has 0 atom stereocenters. The summed E-state index contributed by atoms with van der Waals surface area (Å²) in [5.74, 6) is -0.575. The highest BCUT2D eigenvalue weighted by molar-refractivity contribution is 6.83. The first kappa shape index (κ1) is 7.39. The fourth-order valence-corrected chi connectivity index (χ4v) is 0.217. The lowest BCUT2D eigenvalue weighted by Gasteiger charge is -1.85. The number of carbonyl (C=O) groups is 1. The normalized spacial score (nSPS) is 11.5. The molecule has 0 spiro atoms. The Morgan fingerprint density at radius 3 is 2.50 bits per heavy atom. The van der Waals surface area contributed by atoms with Crippen molar-refractivity contribution < 1.29 is 10.0 Å². The van der Waals surface area contributed by atoms with Crippen LogP contribution in [0.2, 0.25) is 0 Å². The van der Waals surface area contributed by atoms with E-state index in [1.165, 1.54) is 0 Å². The number of halogens is 1. The lowest BCUT2D eigenvalue weighted by atomic mass is 10.4. The number of rotatable bonds is 2. The van der Waals surface area contributed by atoms with Crippen LogP contribution in [-0.2, 0) is 4.79 Å². The van der Waals surface area contributed by atoms with Gasteiger partial charge >= 0.3 is 0 Å². The van der Waals surface area contributed by atoms with E-state index in [2.05, 4.69) is 5.16 Å². The molecule has 0 radical (unpaired) electrons. The Bertz CT molecular complexity index is 122. The lowest BCUT2D eigenvalue weighted by Crippen LogP contribution is -2.19. The highest BCUT2D eigenvalue weighted by Crippen LogP contribution is 1.83. The van der Waals surface area contributed by atoms with Gasteiger partial charge in [-0.15, -0.1) is 0 Å². The molecule has 0 aliphatic heterocycles. The molecule has 3 N–H and O–H groups in total. The van der Waals surface area contributed by atoms with Crippen LogP contribution < -0.4 is 5.73 Å². The summed E-state index contributed by atoms with van der Waals surface area (Å²) in [6.45, 7) is -0.233. The van der Waals surface area contributed by atoms with Crippen molar-refractivity contribution in [3.05, 3.63) is 0 Å². The van der Waals surface area contributed by atoms with Crippen molar-refractivity contribution in [1.82, 2.24) is 0 Å². The highest BCUT2D eigenvalue weighted by Gasteiger charge is 2.03. The highest BCUT2D eigenvalue weighted by atomic mass is 35.5. The van der Waals surface area contributed by atoms with E-state index in [1.54, 1.807) is 0 Å². The van der Waals surface area contributed by atoms with Crippen molar-refractivity contribution in [2.45, 2.75) is 0 Å². The third-order valence-electron chi connectivity index (χ3n) is 0.503. The first-order valence-corrected chi connectivity index (χ1v) is 2.21. The van der Waals surface area contributed by atoms with Crippen LogP contribution in [0.5, 0.6) is 0 Å². The molecule has 0 fully saturated rings. The van der Waals surface area contributed by atoms with Crippen molar-refractivity contribution >= 4 is 22.6 Å². The van der Waals surface area contributed by atoms with E-state index in [9.17, 15) is 4.79 Å². The Hall–Kier alpha value is -0.610. The second-order valence-corrected chi connectivity index (χ2v) is 1.38. The van der Waals surface area contributed by atoms with Gasteiger partial charge < -0.3 is 10.9 Å². The van der Waals surface area contributed by atoms with Gasteiger partial charge in [-0.05, 0) is 0 Å². The Balaban J connectivity index is 3.83. The van der Waals surface area contributed by atoms with Gasteiger partial charge in [-0.3, -0.25) is 4.79 Å². The molecule has 0 saturated carbocycles. The van der Waals surface area contributed by atoms with Crippen LogP contribution in [0.3, 0.4) is 0 Å². The van der Waals surface area contributed by atoms with E-state index in [0.717, 1.165) is 0 Å². The molecule has 0 rings (SSSR count). The van der Waals surface area contributed by atoms with Crippen molar-refractivity contribution in [3.63, 3.8) is 0 Å². The molecule has 0 aliphatic rings. The molecule has 0 saturated heterocycles. The number of hydrogen-bond acceptors (Lipinski definition) is 4. The van der Waals surface area contributed by atoms with Gasteiger partial charge in [0.1, 0.15) is 0 Å². The Morgan fingerprint density at radius 2 is 2.38 bits per heavy atom. The van der Waals surface area contributed by atoms with E-state index < -0.39 is 11.0 Å². The number of oxime groups is 1. The molecule has 0 aromatic carbocycles. The van der Waals surface area contributed by atoms with Gasteiger partial charge in [0.15, 0.2) is 0 Å². The predicted octanol–water partition coefficient (Wildman–Crippen LogP) is -0.459.